The predicted octanol–water partition coefficient (Wildman–Crippen LogP) is 11.9. The van der Waals surface area contributed by atoms with Gasteiger partial charge < -0.3 is 66.6 Å². The Morgan fingerprint density at radius 2 is 0.863 bits per heavy atom. The summed E-state index contributed by atoms with van der Waals surface area (Å²) in [6, 6.07) is 60.8. The second-order valence-electron chi connectivity index (χ2n) is 36.7. The van der Waals surface area contributed by atoms with Crippen LogP contribution in [0.1, 0.15) is 152 Å². The zero-order valence-corrected chi connectivity index (χ0v) is 83.6. The van der Waals surface area contributed by atoms with E-state index in [-0.39, 0.29) is 101 Å². The van der Waals surface area contributed by atoms with Crippen LogP contribution in [0.2, 0.25) is 0 Å². The minimum atomic E-state index is -3.66. The minimum Gasteiger partial charge on any atom is -0.348 e. The topological polar surface area (TPSA) is 441 Å². The average Bonchev–Trinajstić information content (AvgIpc) is 1.66. The van der Waals surface area contributed by atoms with Crippen molar-refractivity contribution >= 4 is 61.4 Å². The van der Waals surface area contributed by atoms with Crippen LogP contribution in [0, 0.1) is 83.8 Å². The van der Waals surface area contributed by atoms with Gasteiger partial charge in [0, 0.05) is 192 Å². The van der Waals surface area contributed by atoms with Crippen LogP contribution in [0.15, 0.2) is 236 Å². The number of terminal acetylenes is 1. The van der Waals surface area contributed by atoms with Gasteiger partial charge in [0.2, 0.25) is 20.0 Å². The number of likely N-dealkylation sites (N-methyl/N-ethyl adjacent to an activating group) is 1. The fourth-order valence-electron chi connectivity index (χ4n) is 18.2. The van der Waals surface area contributed by atoms with Gasteiger partial charge in [0.1, 0.15) is 11.5 Å². The van der Waals surface area contributed by atoms with Crippen LogP contribution in [0.3, 0.4) is 0 Å². The third-order valence-electron chi connectivity index (χ3n) is 26.0. The van der Waals surface area contributed by atoms with Crippen LogP contribution in [0.25, 0.3) is 33.5 Å². The van der Waals surface area contributed by atoms with Crippen molar-refractivity contribution in [1.82, 2.24) is 95.6 Å². The fraction of sp³-hybridized carbons (Fsp3) is 0.370. The first-order chi connectivity index (χ1) is 69.9. The number of rotatable bonds is 22. The van der Waals surface area contributed by atoms with E-state index < -0.39 is 37.7 Å². The number of benzene rings is 8. The number of likely N-dealkylation sites (tertiary alicyclic amines) is 6. The fourth-order valence-corrected chi connectivity index (χ4v) is 20.8. The second kappa shape index (κ2) is 53.8. The van der Waals surface area contributed by atoms with E-state index in [1.165, 1.54) is 35.9 Å². The molecule has 34 nitrogen and oxygen atoms in total. The van der Waals surface area contributed by atoms with Crippen molar-refractivity contribution in [3.63, 3.8) is 0 Å². The molecule has 7 amide bonds. The number of aromatic nitrogens is 4. The minimum absolute atomic E-state index is 0. The van der Waals surface area contributed by atoms with Gasteiger partial charge in [0.05, 0.1) is 22.0 Å². The number of sulfonamides is 2. The zero-order valence-electron chi connectivity index (χ0n) is 82.0. The molecule has 9 heterocycles. The highest BCUT2D eigenvalue weighted by molar-refractivity contribution is 7.89. The van der Waals surface area contributed by atoms with Gasteiger partial charge >= 0.3 is 6.03 Å². The molecular formula is C108H128F2N24O10S2. The first-order valence-electron chi connectivity index (χ1n) is 48.3. The summed E-state index contributed by atoms with van der Waals surface area (Å²) in [6.07, 6.45) is 27.3. The number of carbonyl (C=O) groups is 6. The third-order valence-corrected chi connectivity index (χ3v) is 29.0. The van der Waals surface area contributed by atoms with Gasteiger partial charge in [0.15, 0.2) is 36.4 Å². The summed E-state index contributed by atoms with van der Waals surface area (Å²) < 4.78 is 85.8. The van der Waals surface area contributed by atoms with E-state index in [1.54, 1.807) is 71.4 Å². The number of hydrogen-bond acceptors (Lipinski definition) is 23. The number of nitriles is 4. The highest BCUT2D eigenvalue weighted by atomic mass is 32.2. The number of hydrogen-bond donors (Lipinski definition) is 10. The highest BCUT2D eigenvalue weighted by Crippen LogP contribution is 2.32. The quantitative estimate of drug-likeness (QED) is 0.0171. The second-order valence-corrected chi connectivity index (χ2v) is 40.1. The molecule has 0 radical (unpaired) electrons. The van der Waals surface area contributed by atoms with E-state index in [0.717, 1.165) is 141 Å². The Hall–Kier alpha value is -15.3. The molecule has 766 valence electrons. The summed E-state index contributed by atoms with van der Waals surface area (Å²) in [5.41, 5.74) is 11.2. The Kier molecular flexibility index (Phi) is 40.9. The molecular weight excluding hydrogens is 1900 g/mol. The van der Waals surface area contributed by atoms with Crippen molar-refractivity contribution in [1.29, 1.82) is 21.0 Å². The molecule has 5 unspecified atom stereocenters. The number of nitrogens with one attached hydrogen (secondary N) is 10. The molecule has 38 heteroatoms. The number of piperidine rings is 1. The number of anilines is 1. The van der Waals surface area contributed by atoms with Gasteiger partial charge in [-0.05, 0) is 205 Å². The smallest absolute Gasteiger partial charge is 0.320 e. The van der Waals surface area contributed by atoms with Gasteiger partial charge in [-0.3, -0.25) is 38.7 Å². The van der Waals surface area contributed by atoms with Gasteiger partial charge in [0.25, 0.3) is 29.5 Å². The lowest BCUT2D eigenvalue weighted by Crippen LogP contribution is -2.46. The molecule has 10 aromatic rings. The van der Waals surface area contributed by atoms with Crippen LogP contribution in [-0.2, 0) is 34.1 Å². The molecule has 7 aliphatic heterocycles. The van der Waals surface area contributed by atoms with E-state index in [1.807, 2.05) is 148 Å². The normalized spacial score (nSPS) is 19.2. The lowest BCUT2D eigenvalue weighted by Gasteiger charge is -2.30. The van der Waals surface area contributed by atoms with Crippen LogP contribution < -0.4 is 52.0 Å². The van der Waals surface area contributed by atoms with E-state index in [4.69, 9.17) is 27.5 Å². The molecule has 7 saturated heterocycles. The van der Waals surface area contributed by atoms with Crippen molar-refractivity contribution in [2.45, 2.75) is 156 Å². The molecule has 8 fully saturated rings. The van der Waals surface area contributed by atoms with Crippen molar-refractivity contribution in [3.8, 4) is 70.8 Å². The maximum Gasteiger partial charge on any atom is 0.320 e. The van der Waals surface area contributed by atoms with E-state index in [9.17, 15) is 54.4 Å². The molecule has 146 heavy (non-hydrogen) atoms. The molecule has 18 rings (SSSR count). The Labute approximate surface area is 854 Å². The first kappa shape index (κ1) is 111. The van der Waals surface area contributed by atoms with Crippen molar-refractivity contribution in [2.24, 2.45) is 14.1 Å². The summed E-state index contributed by atoms with van der Waals surface area (Å²) in [6.45, 7) is 19.0. The summed E-state index contributed by atoms with van der Waals surface area (Å²) in [4.78, 5) is 84.7. The molecule has 1 aliphatic carbocycles. The Balaban J connectivity index is 0.000000167. The third kappa shape index (κ3) is 31.8. The lowest BCUT2D eigenvalue weighted by molar-refractivity contribution is 0.0907. The largest absolute Gasteiger partial charge is 0.348 e. The lowest BCUT2D eigenvalue weighted by atomic mass is 9.94. The van der Waals surface area contributed by atoms with Gasteiger partial charge in [-0.1, -0.05) is 148 Å². The van der Waals surface area contributed by atoms with Gasteiger partial charge in [-0.25, -0.2) is 39.9 Å². The zero-order chi connectivity index (χ0) is 104. The first-order valence-corrected chi connectivity index (χ1v) is 51.3. The maximum atomic E-state index is 13.8. The van der Waals surface area contributed by atoms with Crippen molar-refractivity contribution in [2.75, 3.05) is 104 Å². The predicted molar refractivity (Wildman–Crippen MR) is 556 cm³/mol. The Bertz CT molecular complexity index is 6420. The van der Waals surface area contributed by atoms with Crippen LogP contribution >= 0.6 is 0 Å². The Morgan fingerprint density at radius 1 is 0.438 bits per heavy atom. The number of aryl methyl sites for hydroxylation is 3. The number of halogens is 2. The molecule has 8 aliphatic rings. The van der Waals surface area contributed by atoms with E-state index >= 15 is 0 Å². The van der Waals surface area contributed by atoms with E-state index in [0.29, 0.717) is 112 Å². The number of amides is 7. The van der Waals surface area contributed by atoms with Crippen LogP contribution in [-0.4, -0.2) is 248 Å². The summed E-state index contributed by atoms with van der Waals surface area (Å²) in [5, 5.41) is 67.6. The monoisotopic (exact) mass is 2020 g/mol. The molecule has 10 N–H and O–H groups in total. The molecule has 0 spiro atoms. The average molecular weight is 2020 g/mol. The summed E-state index contributed by atoms with van der Waals surface area (Å²) in [5.74, 6) is -2.36. The SMILES string of the molecule is C.C#CN1CC(c2ccc(F)c(F)c2)[C@H](NC(=O)Nc2c(C)c(-c3cnn(C)c3)nn2C)C1.C=C.CN1CCCC(NC(=O)c2ccc(-c3ccccc3)cc2)C1.Cc1ccc(C(=O)N[C@@H]2CCN(C#N)C2)cc1.N#CN1CCC(NC(=O)c2ccc(-c3ccccc3)cc2)C1.N#CN1CCC(NC(=O)c2cccc(S(=O)(=O)NC3CCCC3)c2)C1.N#CN1CCC(NC(=O)c2cccc(S(=O)(=O)N[C@@H]3CCNC3)c2)C1. The van der Waals surface area contributed by atoms with Crippen molar-refractivity contribution in [3.05, 3.63) is 282 Å². The highest BCUT2D eigenvalue weighted by Gasteiger charge is 2.37. The van der Waals surface area contributed by atoms with Crippen molar-refractivity contribution < 1.29 is 54.4 Å². The van der Waals surface area contributed by atoms with Crippen LogP contribution in [0.5, 0.6) is 0 Å². The standard InChI is InChI=1S/C22H23F2N7O.C19H22N2O.C18H17N3O.C17H22N4O3S.C16H21N5O3S.C13H15N3O.C2H4.CH4/c1-5-31-11-16(14-6-7-17(23)18(24)8-14)19(12-31)26-22(32)27-21-13(2)20(28-30(21)4)15-9-25-29(3)10-15;1-21-13-5-8-18(14-21)20-19(22)17-11-9-16(10-12-17)15-6-3-2-4-7-15;19-13-21-11-10-17(12-21)20-18(22)16-8-6-15(7-9-16)14-4-2-1-3-5-14;18-12-21-9-8-15(11-21)19-17(22)13-4-3-7-16(10-13)25(23,24)20-14-5-1-2-6-14;17-11-21-7-5-14(10-21)19-16(22)12-2-1-3-15(8-12)25(23,24)20-13-4-6-18-9-13;1-10-2-4-11(5-3-10)13(17)15-12-6-7-16(8-12)9-14;1-2;/h1,6-10,16,19H,11-12H2,2-4H3,(H2,26,27,32);2-4,6-7,9-12,18H,5,8,13-14H2,1H3,(H,20,22);1-9,17H,10-12H2,(H,20,22);3-4,7,10,14-15,20H,1-2,5-6,8-9,11H2,(H,19,22);1-3,8,13-14,18,20H,4-7,9-10H2,(H,19,22);2-5,12H,6-8H2,1H3,(H,15,17);1-2H2;1H4/t16?,19-;;;;13-,14?;12-;;/m1...11../s1. The molecule has 1 saturated carbocycles. The number of carbonyl (C=O) groups excluding carboxylic acids is 6. The molecule has 0 bridgehead atoms. The summed E-state index contributed by atoms with van der Waals surface area (Å²) in [7, 11) is -1.62. The van der Waals surface area contributed by atoms with E-state index in [2.05, 4.69) is 130 Å². The molecule has 8 atom stereocenters. The number of urea groups is 1. The molecule has 8 aromatic carbocycles. The van der Waals surface area contributed by atoms with Gasteiger partial charge in [-0.15, -0.1) is 13.2 Å². The summed E-state index contributed by atoms with van der Waals surface area (Å²) >= 11 is 0. The molecule has 2 aromatic heterocycles. The Morgan fingerprint density at radius 3 is 1.27 bits per heavy atom. The number of nitrogens with zero attached hydrogens (tertiary/aromatic N) is 14. The maximum absolute atomic E-state index is 13.8. The van der Waals surface area contributed by atoms with Crippen LogP contribution in [0.4, 0.5) is 19.4 Å². The van der Waals surface area contributed by atoms with Gasteiger partial charge in [-0.2, -0.15) is 31.2 Å².